The van der Waals surface area contributed by atoms with Gasteiger partial charge in [0.15, 0.2) is 0 Å². The topological polar surface area (TPSA) is 155 Å². The molecule has 0 spiro atoms. The summed E-state index contributed by atoms with van der Waals surface area (Å²) in [5.41, 5.74) is 5.38. The number of phosphoric ester groups is 1. The highest BCUT2D eigenvalue weighted by Crippen LogP contribution is 2.43. The Hall–Kier alpha value is -2.07. The molecule has 11 heteroatoms. The maximum atomic E-state index is 12.7. The van der Waals surface area contributed by atoms with Crippen LogP contribution in [0.25, 0.3) is 0 Å². The van der Waals surface area contributed by atoms with Gasteiger partial charge in [0.25, 0.3) is 0 Å². The van der Waals surface area contributed by atoms with E-state index in [0.29, 0.717) is 13.0 Å². The highest BCUT2D eigenvalue weighted by molar-refractivity contribution is 7.47. The first-order valence-corrected chi connectivity index (χ1v) is 27.2. The van der Waals surface area contributed by atoms with Gasteiger partial charge >= 0.3 is 19.8 Å². The summed E-state index contributed by atoms with van der Waals surface area (Å²) in [4.78, 5) is 33.7. The number of carboxylic acid groups (broad SMARTS) is 1. The summed E-state index contributed by atoms with van der Waals surface area (Å²) in [5.74, 6) is -1.78. The number of carbonyl (C=O) groups is 2. The van der Waals surface area contributed by atoms with Gasteiger partial charge in [0.05, 0.1) is 19.8 Å². The van der Waals surface area contributed by atoms with Crippen molar-refractivity contribution >= 4 is 19.8 Å². The molecule has 0 aliphatic carbocycles. The Bertz CT molecular complexity index is 1190. The van der Waals surface area contributed by atoms with Crippen molar-refractivity contribution in [3.05, 3.63) is 48.6 Å². The number of esters is 1. The molecule has 3 atom stereocenters. The molecule has 63 heavy (non-hydrogen) atoms. The van der Waals surface area contributed by atoms with Gasteiger partial charge in [-0.1, -0.05) is 223 Å². The van der Waals surface area contributed by atoms with Crippen molar-refractivity contribution in [2.45, 2.75) is 244 Å². The molecule has 0 bridgehead atoms. The van der Waals surface area contributed by atoms with E-state index in [9.17, 15) is 19.0 Å². The predicted molar refractivity (Wildman–Crippen MR) is 263 cm³/mol. The van der Waals surface area contributed by atoms with Crippen LogP contribution in [0.5, 0.6) is 0 Å². The molecule has 3 unspecified atom stereocenters. The quantitative estimate of drug-likeness (QED) is 0.0232. The summed E-state index contributed by atoms with van der Waals surface area (Å²) in [6.07, 6.45) is 57.3. The molecule has 0 heterocycles. The van der Waals surface area contributed by atoms with Gasteiger partial charge in [-0.15, -0.1) is 0 Å². The van der Waals surface area contributed by atoms with Gasteiger partial charge in [-0.25, -0.2) is 4.57 Å². The molecule has 0 aromatic carbocycles. The van der Waals surface area contributed by atoms with E-state index < -0.39 is 45.1 Å². The smallest absolute Gasteiger partial charge is 0.472 e. The number of rotatable bonds is 49. The number of nitrogens with two attached hydrogens (primary N) is 1. The highest BCUT2D eigenvalue weighted by Gasteiger charge is 2.27. The van der Waals surface area contributed by atoms with Gasteiger partial charge in [-0.05, 0) is 51.4 Å². The lowest BCUT2D eigenvalue weighted by Gasteiger charge is -2.20. The zero-order valence-corrected chi connectivity index (χ0v) is 41.3. The van der Waals surface area contributed by atoms with Crippen LogP contribution in [-0.2, 0) is 32.7 Å². The summed E-state index contributed by atoms with van der Waals surface area (Å²) in [5, 5.41) is 8.93. The van der Waals surface area contributed by atoms with Crippen molar-refractivity contribution in [3.63, 3.8) is 0 Å². The van der Waals surface area contributed by atoms with Gasteiger partial charge in [0, 0.05) is 13.0 Å². The summed E-state index contributed by atoms with van der Waals surface area (Å²) in [7, 11) is -4.62. The summed E-state index contributed by atoms with van der Waals surface area (Å²) in [6, 6.07) is -1.47. The van der Waals surface area contributed by atoms with Gasteiger partial charge in [0.2, 0.25) is 0 Å². The lowest BCUT2D eigenvalue weighted by molar-refractivity contribution is -0.154. The largest absolute Gasteiger partial charge is 0.480 e. The Morgan fingerprint density at radius 3 is 1.38 bits per heavy atom. The molecule has 4 N–H and O–H groups in total. The van der Waals surface area contributed by atoms with Crippen molar-refractivity contribution in [2.24, 2.45) is 5.73 Å². The lowest BCUT2D eigenvalue weighted by Crippen LogP contribution is -2.34. The number of carbonyl (C=O) groups excluding carboxylic acids is 1. The van der Waals surface area contributed by atoms with Crippen LogP contribution in [-0.4, -0.2) is 60.5 Å². The van der Waals surface area contributed by atoms with Gasteiger partial charge in [0.1, 0.15) is 12.1 Å². The highest BCUT2D eigenvalue weighted by atomic mass is 31.2. The first-order valence-electron chi connectivity index (χ1n) is 25.7. The molecule has 0 aromatic heterocycles. The Labute approximate surface area is 386 Å². The van der Waals surface area contributed by atoms with E-state index in [0.717, 1.165) is 70.6 Å². The Kier molecular flexibility index (Phi) is 46.3. The molecule has 0 amide bonds. The Morgan fingerprint density at radius 1 is 0.524 bits per heavy atom. The average Bonchev–Trinajstić information content (AvgIpc) is 3.26. The van der Waals surface area contributed by atoms with Crippen molar-refractivity contribution in [3.8, 4) is 0 Å². The third-order valence-electron chi connectivity index (χ3n) is 11.1. The standard InChI is InChI=1S/C52H96NO9P/c1-3-5-7-9-11-13-15-17-19-21-23-24-25-26-27-28-30-32-34-36-38-40-42-44-51(54)62-49(47-60-63(57,58)61-48-50(53)52(55)56)46-59-45-43-41-39-37-35-33-31-29-22-20-18-16-14-12-10-8-6-4-2/h5,7,11,13,17,19,23-24,49-50H,3-4,6,8-10,12,14-16,18,20-22,25-48,53H2,1-2H3,(H,55,56)(H,57,58)/b7-5-,13-11-,19-17-,24-23-. The molecule has 0 rings (SSSR count). The molecule has 0 saturated carbocycles. The van der Waals surface area contributed by atoms with Crippen LogP contribution in [0.2, 0.25) is 0 Å². The predicted octanol–water partition coefficient (Wildman–Crippen LogP) is 15.0. The number of hydrogen-bond donors (Lipinski definition) is 3. The first-order chi connectivity index (χ1) is 30.7. The van der Waals surface area contributed by atoms with Crippen molar-refractivity contribution in [1.82, 2.24) is 0 Å². The number of unbranched alkanes of at least 4 members (excludes halogenated alkanes) is 27. The molecule has 0 aromatic rings. The van der Waals surface area contributed by atoms with Crippen molar-refractivity contribution < 1.29 is 42.7 Å². The second-order valence-electron chi connectivity index (χ2n) is 17.3. The van der Waals surface area contributed by atoms with E-state index in [1.807, 2.05) is 0 Å². The van der Waals surface area contributed by atoms with Crippen LogP contribution in [0.15, 0.2) is 48.6 Å². The fourth-order valence-corrected chi connectivity index (χ4v) is 7.96. The number of phosphoric acid groups is 1. The fraction of sp³-hybridized carbons (Fsp3) is 0.808. The zero-order valence-electron chi connectivity index (χ0n) is 40.4. The molecule has 0 fully saturated rings. The van der Waals surface area contributed by atoms with Crippen LogP contribution >= 0.6 is 7.82 Å². The molecule has 0 radical (unpaired) electrons. The summed E-state index contributed by atoms with van der Waals surface area (Å²) >= 11 is 0. The third kappa shape index (κ3) is 47.7. The molecule has 0 saturated heterocycles. The number of allylic oxidation sites excluding steroid dienone is 8. The Morgan fingerprint density at radius 2 is 0.921 bits per heavy atom. The van der Waals surface area contributed by atoms with Gasteiger partial charge in [-0.3, -0.25) is 18.6 Å². The first kappa shape index (κ1) is 60.9. The van der Waals surface area contributed by atoms with Crippen LogP contribution in [0, 0.1) is 0 Å². The molecule has 0 aliphatic heterocycles. The second kappa shape index (κ2) is 47.9. The fourth-order valence-electron chi connectivity index (χ4n) is 7.19. The molecule has 368 valence electrons. The summed E-state index contributed by atoms with van der Waals surface area (Å²) in [6.45, 7) is 3.81. The van der Waals surface area contributed by atoms with Gasteiger partial charge < -0.3 is 25.2 Å². The minimum absolute atomic E-state index is 0.0176. The zero-order chi connectivity index (χ0) is 46.2. The van der Waals surface area contributed by atoms with Crippen LogP contribution in [0.4, 0.5) is 0 Å². The summed E-state index contributed by atoms with van der Waals surface area (Å²) < 4.78 is 33.5. The molecule has 10 nitrogen and oxygen atoms in total. The van der Waals surface area contributed by atoms with Crippen LogP contribution < -0.4 is 5.73 Å². The van der Waals surface area contributed by atoms with E-state index in [2.05, 4.69) is 62.5 Å². The number of aliphatic carboxylic acids is 1. The number of hydrogen-bond acceptors (Lipinski definition) is 8. The minimum Gasteiger partial charge on any atom is -0.480 e. The average molecular weight is 910 g/mol. The number of carboxylic acids is 1. The van der Waals surface area contributed by atoms with Crippen LogP contribution in [0.1, 0.15) is 232 Å². The number of ether oxygens (including phenoxy) is 2. The minimum atomic E-state index is -4.62. The Balaban J connectivity index is 4.13. The second-order valence-corrected chi connectivity index (χ2v) is 18.7. The maximum absolute atomic E-state index is 12.7. The maximum Gasteiger partial charge on any atom is 0.472 e. The molecular weight excluding hydrogens is 814 g/mol. The third-order valence-corrected chi connectivity index (χ3v) is 12.1. The lowest BCUT2D eigenvalue weighted by atomic mass is 10.0. The molecule has 0 aliphatic rings. The van der Waals surface area contributed by atoms with Crippen LogP contribution in [0.3, 0.4) is 0 Å². The van der Waals surface area contributed by atoms with E-state index >= 15 is 0 Å². The normalized spacial score (nSPS) is 14.1. The van der Waals surface area contributed by atoms with Gasteiger partial charge in [-0.2, -0.15) is 0 Å². The van der Waals surface area contributed by atoms with E-state index in [1.165, 1.54) is 135 Å². The molecular formula is C52H96NO9P. The van der Waals surface area contributed by atoms with E-state index in [-0.39, 0.29) is 13.0 Å². The van der Waals surface area contributed by atoms with Crippen molar-refractivity contribution in [2.75, 3.05) is 26.4 Å². The van der Waals surface area contributed by atoms with E-state index in [4.69, 9.17) is 29.4 Å². The van der Waals surface area contributed by atoms with Crippen molar-refractivity contribution in [1.29, 1.82) is 0 Å². The van der Waals surface area contributed by atoms with E-state index in [1.54, 1.807) is 0 Å². The SMILES string of the molecule is CC/C=C\C/C=C\C/C=C\C/C=C\CCCCCCCCCCCCC(=O)OC(COCCCCCCCCCCCCCCCCCCCC)COP(=O)(O)OCC(N)C(=O)O. The monoisotopic (exact) mass is 910 g/mol.